The maximum Gasteiger partial charge on any atom is 0.289 e. The van der Waals surface area contributed by atoms with Crippen molar-refractivity contribution in [3.8, 4) is 5.69 Å². The lowest BCUT2D eigenvalue weighted by atomic mass is 9.97. The fourth-order valence-corrected chi connectivity index (χ4v) is 4.74. The van der Waals surface area contributed by atoms with Crippen molar-refractivity contribution >= 4 is 43.6 Å². The lowest BCUT2D eigenvalue weighted by molar-refractivity contribution is 0.112. The lowest BCUT2D eigenvalue weighted by Crippen LogP contribution is -2.21. The minimum atomic E-state index is -0.190. The Kier molecular flexibility index (Phi) is 3.61. The lowest BCUT2D eigenvalue weighted by Gasteiger charge is -2.10. The smallest absolute Gasteiger partial charge is 0.289 e. The molecule has 0 saturated heterocycles. The van der Waals surface area contributed by atoms with E-state index in [-0.39, 0.29) is 5.56 Å². The van der Waals surface area contributed by atoms with Gasteiger partial charge in [0, 0.05) is 20.9 Å². The molecule has 0 saturated carbocycles. The number of thiophene rings is 1. The molecule has 0 aliphatic heterocycles. The number of hydrogen-bond acceptors (Lipinski definition) is 5. The summed E-state index contributed by atoms with van der Waals surface area (Å²) in [7, 11) is 0. The van der Waals surface area contributed by atoms with Gasteiger partial charge >= 0.3 is 0 Å². The predicted octanol–water partition coefficient (Wildman–Crippen LogP) is 3.30. The average Bonchev–Trinajstić information content (AvgIpc) is 2.95. The second kappa shape index (κ2) is 5.65. The van der Waals surface area contributed by atoms with Crippen LogP contribution in [0.25, 0.3) is 15.8 Å². The Morgan fingerprint density at radius 3 is 2.87 bits per heavy atom. The molecule has 116 valence electrons. The summed E-state index contributed by atoms with van der Waals surface area (Å²) in [5, 5.41) is 5.26. The third kappa shape index (κ3) is 2.26. The summed E-state index contributed by atoms with van der Waals surface area (Å²) < 4.78 is 2.53. The van der Waals surface area contributed by atoms with Crippen LogP contribution in [0.4, 0.5) is 0 Å². The van der Waals surface area contributed by atoms with Gasteiger partial charge in [-0.1, -0.05) is 0 Å². The van der Waals surface area contributed by atoms with E-state index in [4.69, 9.17) is 0 Å². The minimum absolute atomic E-state index is 0.190. The van der Waals surface area contributed by atoms with Gasteiger partial charge in [0.2, 0.25) is 0 Å². The third-order valence-corrected chi connectivity index (χ3v) is 6.09. The first kappa shape index (κ1) is 14.7. The molecule has 0 amide bonds. The van der Waals surface area contributed by atoms with Crippen molar-refractivity contribution in [3.63, 3.8) is 0 Å². The van der Waals surface area contributed by atoms with Crippen LogP contribution in [0.15, 0.2) is 27.9 Å². The van der Waals surface area contributed by atoms with Crippen molar-refractivity contribution < 1.29 is 4.79 Å². The van der Waals surface area contributed by atoms with Gasteiger partial charge in [0.05, 0.1) is 23.6 Å². The molecule has 0 spiro atoms. The van der Waals surface area contributed by atoms with Gasteiger partial charge in [0.25, 0.3) is 5.56 Å². The zero-order valence-corrected chi connectivity index (χ0v) is 14.5. The molecule has 4 rings (SSSR count). The van der Waals surface area contributed by atoms with Crippen LogP contribution in [0.2, 0.25) is 0 Å². The van der Waals surface area contributed by atoms with Crippen LogP contribution >= 0.6 is 27.3 Å². The Bertz CT molecular complexity index is 993. The summed E-state index contributed by atoms with van der Waals surface area (Å²) >= 11 is 4.85. The number of aromatic nitrogens is 3. The molecule has 7 heteroatoms. The van der Waals surface area contributed by atoms with Crippen molar-refractivity contribution in [2.45, 2.75) is 25.7 Å². The highest BCUT2D eigenvalue weighted by molar-refractivity contribution is 9.10. The molecule has 0 bridgehead atoms. The van der Waals surface area contributed by atoms with E-state index in [1.807, 2.05) is 0 Å². The van der Waals surface area contributed by atoms with Crippen LogP contribution in [0.1, 0.15) is 33.6 Å². The first-order valence-corrected chi connectivity index (χ1v) is 8.93. The van der Waals surface area contributed by atoms with Crippen LogP contribution < -0.4 is 5.56 Å². The highest BCUT2D eigenvalue weighted by Gasteiger charge is 2.20. The van der Waals surface area contributed by atoms with Gasteiger partial charge < -0.3 is 0 Å². The summed E-state index contributed by atoms with van der Waals surface area (Å²) in [6.07, 6.45) is 9.85. The van der Waals surface area contributed by atoms with Gasteiger partial charge in [-0.05, 0) is 47.2 Å². The highest BCUT2D eigenvalue weighted by Crippen LogP contribution is 2.34. The Labute approximate surface area is 144 Å². The molecular formula is C16H12BrN3O2S. The number of aryl methyl sites for hydroxylation is 2. The van der Waals surface area contributed by atoms with E-state index in [2.05, 4.69) is 26.0 Å². The molecule has 0 radical (unpaired) electrons. The van der Waals surface area contributed by atoms with Gasteiger partial charge in [0.15, 0.2) is 6.29 Å². The normalized spacial score (nSPS) is 14.0. The van der Waals surface area contributed by atoms with Crippen LogP contribution in [0.3, 0.4) is 0 Å². The van der Waals surface area contributed by atoms with E-state index in [9.17, 15) is 9.59 Å². The number of carbonyl (C=O) groups is 1. The molecule has 0 fully saturated rings. The molecule has 0 unspecified atom stereocenters. The first-order valence-electron chi connectivity index (χ1n) is 7.32. The zero-order valence-electron chi connectivity index (χ0n) is 12.1. The molecule has 0 aromatic carbocycles. The largest absolute Gasteiger partial charge is 0.298 e. The SMILES string of the molecule is O=Cc1c(Br)cncc1-n1ncc2c3c(sc2c1=O)CCCC3. The molecule has 3 heterocycles. The Balaban J connectivity index is 2.00. The number of carbonyl (C=O) groups excluding carboxylic acids is 1. The topological polar surface area (TPSA) is 64.8 Å². The summed E-state index contributed by atoms with van der Waals surface area (Å²) in [5.41, 5.74) is 1.85. The van der Waals surface area contributed by atoms with Gasteiger partial charge in [-0.3, -0.25) is 14.6 Å². The van der Waals surface area contributed by atoms with E-state index < -0.39 is 0 Å². The van der Waals surface area contributed by atoms with Crippen LogP contribution in [-0.2, 0) is 12.8 Å². The summed E-state index contributed by atoms with van der Waals surface area (Å²) in [6.45, 7) is 0. The van der Waals surface area contributed by atoms with Crippen molar-refractivity contribution in [2.24, 2.45) is 0 Å². The average molecular weight is 390 g/mol. The zero-order chi connectivity index (χ0) is 16.0. The van der Waals surface area contributed by atoms with Crippen molar-refractivity contribution in [1.82, 2.24) is 14.8 Å². The number of halogens is 1. The van der Waals surface area contributed by atoms with Gasteiger partial charge in [-0.2, -0.15) is 9.78 Å². The highest BCUT2D eigenvalue weighted by atomic mass is 79.9. The fourth-order valence-electron chi connectivity index (χ4n) is 3.04. The summed E-state index contributed by atoms with van der Waals surface area (Å²) in [4.78, 5) is 29.6. The number of aldehydes is 1. The van der Waals surface area contributed by atoms with Gasteiger partial charge in [-0.15, -0.1) is 11.3 Å². The van der Waals surface area contributed by atoms with E-state index in [1.165, 1.54) is 33.9 Å². The number of hydrogen-bond donors (Lipinski definition) is 0. The Hall–Kier alpha value is -1.86. The Morgan fingerprint density at radius 1 is 1.22 bits per heavy atom. The molecule has 0 atom stereocenters. The molecule has 0 N–H and O–H groups in total. The van der Waals surface area contributed by atoms with Crippen molar-refractivity contribution in [2.75, 3.05) is 0 Å². The fraction of sp³-hybridized carbons (Fsp3) is 0.250. The number of fused-ring (bicyclic) bond motifs is 3. The van der Waals surface area contributed by atoms with E-state index in [0.717, 1.165) is 24.6 Å². The second-order valence-electron chi connectivity index (χ2n) is 5.49. The van der Waals surface area contributed by atoms with Crippen molar-refractivity contribution in [1.29, 1.82) is 0 Å². The van der Waals surface area contributed by atoms with Crippen LogP contribution in [0, 0.1) is 0 Å². The molecule has 3 aromatic rings. The molecule has 3 aromatic heterocycles. The minimum Gasteiger partial charge on any atom is -0.298 e. The van der Waals surface area contributed by atoms with Gasteiger partial charge in [-0.25, -0.2) is 0 Å². The number of nitrogens with zero attached hydrogens (tertiary/aromatic N) is 3. The maximum atomic E-state index is 12.9. The third-order valence-electron chi connectivity index (χ3n) is 4.17. The number of pyridine rings is 1. The van der Waals surface area contributed by atoms with Crippen LogP contribution in [0.5, 0.6) is 0 Å². The number of rotatable bonds is 2. The molecular weight excluding hydrogens is 378 g/mol. The second-order valence-corrected chi connectivity index (χ2v) is 7.45. The standard InChI is InChI=1S/C16H12BrN3O2S/c17-12-6-18-7-13(11(12)8-21)20-16(22)15-10(5-19-20)9-3-1-2-4-14(9)23-15/h5-8H,1-4H2. The molecule has 1 aliphatic carbocycles. The quantitative estimate of drug-likeness (QED) is 0.630. The summed E-state index contributed by atoms with van der Waals surface area (Å²) in [5.74, 6) is 0. The first-order chi connectivity index (χ1) is 11.2. The molecule has 23 heavy (non-hydrogen) atoms. The van der Waals surface area contributed by atoms with Crippen molar-refractivity contribution in [3.05, 3.63) is 49.4 Å². The van der Waals surface area contributed by atoms with E-state index >= 15 is 0 Å². The van der Waals surface area contributed by atoms with E-state index in [0.29, 0.717) is 26.7 Å². The van der Waals surface area contributed by atoms with Gasteiger partial charge in [0.1, 0.15) is 4.70 Å². The molecule has 5 nitrogen and oxygen atoms in total. The van der Waals surface area contributed by atoms with E-state index in [1.54, 1.807) is 17.5 Å². The molecule has 1 aliphatic rings. The summed E-state index contributed by atoms with van der Waals surface area (Å²) in [6, 6.07) is 0. The monoisotopic (exact) mass is 389 g/mol. The maximum absolute atomic E-state index is 12.9. The predicted molar refractivity (Wildman–Crippen MR) is 92.7 cm³/mol. The van der Waals surface area contributed by atoms with Crippen LogP contribution in [-0.4, -0.2) is 21.1 Å². The Morgan fingerprint density at radius 2 is 2.04 bits per heavy atom.